The lowest BCUT2D eigenvalue weighted by Gasteiger charge is -2.15. The van der Waals surface area contributed by atoms with Gasteiger partial charge in [0.25, 0.3) is 0 Å². The van der Waals surface area contributed by atoms with Gasteiger partial charge < -0.3 is 4.57 Å². The van der Waals surface area contributed by atoms with Crippen LogP contribution in [0.3, 0.4) is 0 Å². The van der Waals surface area contributed by atoms with Crippen LogP contribution in [0.1, 0.15) is 24.1 Å². The van der Waals surface area contributed by atoms with Crippen molar-refractivity contribution < 1.29 is 4.39 Å². The molecule has 4 rings (SSSR count). The number of fused-ring (bicyclic) bond motifs is 1. The molecule has 0 saturated heterocycles. The van der Waals surface area contributed by atoms with Gasteiger partial charge in [0.05, 0.1) is 11.6 Å². The molecule has 26 heavy (non-hydrogen) atoms. The van der Waals surface area contributed by atoms with Crippen molar-refractivity contribution in [3.8, 4) is 0 Å². The van der Waals surface area contributed by atoms with E-state index in [-0.39, 0.29) is 11.9 Å². The summed E-state index contributed by atoms with van der Waals surface area (Å²) in [6.07, 6.45) is 3.44. The van der Waals surface area contributed by atoms with E-state index >= 15 is 0 Å². The van der Waals surface area contributed by atoms with Crippen molar-refractivity contribution in [3.05, 3.63) is 84.1 Å². The Labute approximate surface area is 155 Å². The van der Waals surface area contributed by atoms with Crippen LogP contribution in [0.4, 0.5) is 4.39 Å². The zero-order valence-corrected chi connectivity index (χ0v) is 15.0. The van der Waals surface area contributed by atoms with Gasteiger partial charge in [-0.2, -0.15) is 0 Å². The lowest BCUT2D eigenvalue weighted by atomic mass is 10.1. The molecule has 2 aromatic heterocycles. The molecular formula is C20H17FN4S. The Morgan fingerprint density at radius 2 is 1.92 bits per heavy atom. The average molecular weight is 364 g/mol. The van der Waals surface area contributed by atoms with Gasteiger partial charge >= 0.3 is 0 Å². The van der Waals surface area contributed by atoms with Crippen LogP contribution in [0.25, 0.3) is 10.9 Å². The number of halogens is 1. The molecule has 0 saturated carbocycles. The summed E-state index contributed by atoms with van der Waals surface area (Å²) in [5, 5.41) is 9.71. The molecule has 0 aliphatic heterocycles. The van der Waals surface area contributed by atoms with Crippen molar-refractivity contribution in [2.75, 3.05) is 0 Å². The minimum atomic E-state index is -0.247. The standard InChI is InChI=1S/C20H17FN4S/c1-14(15-6-3-2-4-7-15)25-13-23-24-20(25)26-12-16-9-10-18(21)17-8-5-11-22-19(16)17/h2-11,13-14H,12H2,1H3/t14-/m1/s1. The van der Waals surface area contributed by atoms with Gasteiger partial charge in [0.1, 0.15) is 12.1 Å². The van der Waals surface area contributed by atoms with E-state index in [0.717, 1.165) is 10.7 Å². The van der Waals surface area contributed by atoms with E-state index in [0.29, 0.717) is 16.7 Å². The maximum Gasteiger partial charge on any atom is 0.191 e. The predicted molar refractivity (Wildman–Crippen MR) is 102 cm³/mol. The van der Waals surface area contributed by atoms with E-state index in [2.05, 4.69) is 38.8 Å². The summed E-state index contributed by atoms with van der Waals surface area (Å²) in [4.78, 5) is 4.35. The Kier molecular flexibility index (Phi) is 4.67. The Balaban J connectivity index is 1.59. The number of aromatic nitrogens is 4. The Hall–Kier alpha value is -2.73. The summed E-state index contributed by atoms with van der Waals surface area (Å²) in [7, 11) is 0. The highest BCUT2D eigenvalue weighted by Crippen LogP contribution is 2.29. The molecule has 0 fully saturated rings. The van der Waals surface area contributed by atoms with E-state index < -0.39 is 0 Å². The van der Waals surface area contributed by atoms with Crippen LogP contribution in [0.2, 0.25) is 0 Å². The highest BCUT2D eigenvalue weighted by atomic mass is 32.2. The predicted octanol–water partition coefficient (Wildman–Crippen LogP) is 4.87. The molecule has 6 heteroatoms. The normalized spacial score (nSPS) is 12.4. The fraction of sp³-hybridized carbons (Fsp3) is 0.150. The summed E-state index contributed by atoms with van der Waals surface area (Å²) >= 11 is 1.58. The Morgan fingerprint density at radius 1 is 1.08 bits per heavy atom. The fourth-order valence-corrected chi connectivity index (χ4v) is 3.92. The van der Waals surface area contributed by atoms with E-state index in [1.165, 1.54) is 11.6 Å². The van der Waals surface area contributed by atoms with Crippen molar-refractivity contribution in [1.29, 1.82) is 0 Å². The van der Waals surface area contributed by atoms with E-state index in [4.69, 9.17) is 0 Å². The number of hydrogen-bond acceptors (Lipinski definition) is 4. The highest BCUT2D eigenvalue weighted by molar-refractivity contribution is 7.98. The number of thioether (sulfide) groups is 1. The van der Waals surface area contributed by atoms with E-state index in [9.17, 15) is 4.39 Å². The van der Waals surface area contributed by atoms with E-state index in [1.54, 1.807) is 42.5 Å². The summed E-state index contributed by atoms with van der Waals surface area (Å²) in [6, 6.07) is 17.2. The molecule has 4 nitrogen and oxygen atoms in total. The monoisotopic (exact) mass is 364 g/mol. The van der Waals surface area contributed by atoms with Crippen LogP contribution >= 0.6 is 11.8 Å². The smallest absolute Gasteiger partial charge is 0.191 e. The average Bonchev–Trinajstić information content (AvgIpc) is 3.16. The molecule has 2 aromatic carbocycles. The molecule has 4 aromatic rings. The van der Waals surface area contributed by atoms with Gasteiger partial charge in [-0.15, -0.1) is 10.2 Å². The van der Waals surface area contributed by atoms with Gasteiger partial charge in [-0.05, 0) is 36.2 Å². The molecule has 0 aliphatic rings. The minimum Gasteiger partial charge on any atom is -0.301 e. The summed E-state index contributed by atoms with van der Waals surface area (Å²) in [6.45, 7) is 2.12. The molecule has 0 aliphatic carbocycles. The van der Waals surface area contributed by atoms with Crippen LogP contribution in [-0.2, 0) is 5.75 Å². The van der Waals surface area contributed by atoms with Crippen LogP contribution in [0, 0.1) is 5.82 Å². The summed E-state index contributed by atoms with van der Waals surface area (Å²) < 4.78 is 16.0. The van der Waals surface area contributed by atoms with Crippen molar-refractivity contribution in [1.82, 2.24) is 19.7 Å². The van der Waals surface area contributed by atoms with Crippen molar-refractivity contribution in [3.63, 3.8) is 0 Å². The van der Waals surface area contributed by atoms with Crippen LogP contribution in [0.5, 0.6) is 0 Å². The topological polar surface area (TPSA) is 43.6 Å². The second kappa shape index (κ2) is 7.25. The first kappa shape index (κ1) is 16.7. The maximum absolute atomic E-state index is 14.0. The van der Waals surface area contributed by atoms with Crippen LogP contribution in [-0.4, -0.2) is 19.7 Å². The number of benzene rings is 2. The molecule has 2 heterocycles. The third kappa shape index (κ3) is 3.20. The summed E-state index contributed by atoms with van der Waals surface area (Å²) in [5.41, 5.74) is 2.87. The largest absolute Gasteiger partial charge is 0.301 e. The quantitative estimate of drug-likeness (QED) is 0.474. The van der Waals surface area contributed by atoms with Gasteiger partial charge in [0, 0.05) is 17.3 Å². The SMILES string of the molecule is C[C@H](c1ccccc1)n1cnnc1SCc1ccc(F)c2cccnc12. The Morgan fingerprint density at radius 3 is 2.77 bits per heavy atom. The Bertz CT molecular complexity index is 1030. The second-order valence-corrected chi connectivity index (χ2v) is 6.94. The molecule has 0 unspecified atom stereocenters. The highest BCUT2D eigenvalue weighted by Gasteiger charge is 2.14. The van der Waals surface area contributed by atoms with Crippen LogP contribution < -0.4 is 0 Å². The van der Waals surface area contributed by atoms with Gasteiger partial charge in [0.15, 0.2) is 5.16 Å². The van der Waals surface area contributed by atoms with Crippen molar-refractivity contribution in [2.24, 2.45) is 0 Å². The zero-order valence-electron chi connectivity index (χ0n) is 14.2. The summed E-state index contributed by atoms with van der Waals surface area (Å²) in [5.74, 6) is 0.399. The fourth-order valence-electron chi connectivity index (χ4n) is 2.95. The molecular weight excluding hydrogens is 347 g/mol. The molecule has 130 valence electrons. The van der Waals surface area contributed by atoms with Gasteiger partial charge in [-0.1, -0.05) is 48.2 Å². The second-order valence-electron chi connectivity index (χ2n) is 6.00. The number of nitrogens with zero attached hydrogens (tertiary/aromatic N) is 4. The first-order chi connectivity index (χ1) is 12.7. The minimum absolute atomic E-state index is 0.136. The molecule has 0 radical (unpaired) electrons. The van der Waals surface area contributed by atoms with Gasteiger partial charge in [-0.3, -0.25) is 4.98 Å². The number of hydrogen-bond donors (Lipinski definition) is 0. The lowest BCUT2D eigenvalue weighted by molar-refractivity contribution is 0.582. The zero-order chi connectivity index (χ0) is 17.9. The van der Waals surface area contributed by atoms with Crippen molar-refractivity contribution >= 4 is 22.7 Å². The third-order valence-electron chi connectivity index (χ3n) is 4.40. The molecule has 0 bridgehead atoms. The number of rotatable bonds is 5. The first-order valence-electron chi connectivity index (χ1n) is 8.33. The van der Waals surface area contributed by atoms with Gasteiger partial charge in [-0.25, -0.2) is 4.39 Å². The van der Waals surface area contributed by atoms with E-state index in [1.807, 2.05) is 18.2 Å². The molecule has 0 amide bonds. The van der Waals surface area contributed by atoms with Gasteiger partial charge in [0.2, 0.25) is 0 Å². The maximum atomic E-state index is 14.0. The third-order valence-corrected chi connectivity index (χ3v) is 5.40. The first-order valence-corrected chi connectivity index (χ1v) is 9.32. The molecule has 0 N–H and O–H groups in total. The lowest BCUT2D eigenvalue weighted by Crippen LogP contribution is -2.07. The van der Waals surface area contributed by atoms with Crippen LogP contribution in [0.15, 0.2) is 72.3 Å². The molecule has 1 atom stereocenters. The molecule has 0 spiro atoms. The van der Waals surface area contributed by atoms with Crippen molar-refractivity contribution in [2.45, 2.75) is 23.9 Å². The number of pyridine rings is 1.